The van der Waals surface area contributed by atoms with Crippen LogP contribution in [0.2, 0.25) is 0 Å². The number of hydrogen-bond donors (Lipinski definition) is 1. The van der Waals surface area contributed by atoms with Crippen LogP contribution in [0.3, 0.4) is 0 Å². The molecule has 1 heterocycles. The third kappa shape index (κ3) is 2.99. The molecule has 0 aliphatic carbocycles. The highest BCUT2D eigenvalue weighted by atomic mass is 16.2. The van der Waals surface area contributed by atoms with E-state index in [1.165, 1.54) is 0 Å². The summed E-state index contributed by atoms with van der Waals surface area (Å²) in [5.41, 5.74) is -0.00251. The fraction of sp³-hybridized carbons (Fsp3) is 0.923. The lowest BCUT2D eigenvalue weighted by Crippen LogP contribution is -2.51. The molecule has 0 bridgehead atoms. The van der Waals surface area contributed by atoms with E-state index in [1.807, 2.05) is 4.90 Å². The first-order valence-electron chi connectivity index (χ1n) is 6.41. The Hall–Kier alpha value is -0.610. The summed E-state index contributed by atoms with van der Waals surface area (Å²) >= 11 is 0. The van der Waals surface area contributed by atoms with Crippen molar-refractivity contribution in [1.82, 2.24) is 15.1 Å². The zero-order valence-corrected chi connectivity index (χ0v) is 12.2. The molecule has 1 aliphatic rings. The van der Waals surface area contributed by atoms with Gasteiger partial charge in [0.05, 0.1) is 12.2 Å². The number of nitrogens with one attached hydrogen (secondary N) is 1. The summed E-state index contributed by atoms with van der Waals surface area (Å²) in [4.78, 5) is 16.4. The molecule has 1 amide bonds. The van der Waals surface area contributed by atoms with E-state index in [1.54, 1.807) is 0 Å². The van der Waals surface area contributed by atoms with Gasteiger partial charge in [-0.3, -0.25) is 10.1 Å². The molecule has 2 unspecified atom stereocenters. The molecule has 0 radical (unpaired) electrons. The van der Waals surface area contributed by atoms with Gasteiger partial charge in [0, 0.05) is 12.1 Å². The Bertz CT molecular complexity index is 286. The molecule has 100 valence electrons. The lowest BCUT2D eigenvalue weighted by Gasteiger charge is -2.37. The van der Waals surface area contributed by atoms with Crippen molar-refractivity contribution in [2.45, 2.75) is 52.4 Å². The average Bonchev–Trinajstić information content (AvgIpc) is 2.45. The van der Waals surface area contributed by atoms with Crippen molar-refractivity contribution in [2.24, 2.45) is 5.92 Å². The van der Waals surface area contributed by atoms with Gasteiger partial charge in [0.1, 0.15) is 0 Å². The first kappa shape index (κ1) is 14.5. The number of hydrogen-bond acceptors (Lipinski definition) is 3. The summed E-state index contributed by atoms with van der Waals surface area (Å²) in [6.45, 7) is 11.3. The van der Waals surface area contributed by atoms with E-state index in [4.69, 9.17) is 0 Å². The summed E-state index contributed by atoms with van der Waals surface area (Å²) in [7, 11) is 4.11. The van der Waals surface area contributed by atoms with Gasteiger partial charge < -0.3 is 9.80 Å². The number of amides is 1. The summed E-state index contributed by atoms with van der Waals surface area (Å²) in [5.74, 6) is 0.583. The third-order valence-corrected chi connectivity index (χ3v) is 3.87. The molecule has 2 atom stereocenters. The average molecular weight is 241 g/mol. The Morgan fingerprint density at radius 2 is 1.94 bits per heavy atom. The number of rotatable bonds is 4. The zero-order chi connectivity index (χ0) is 13.4. The van der Waals surface area contributed by atoms with Crippen molar-refractivity contribution in [3.63, 3.8) is 0 Å². The van der Waals surface area contributed by atoms with E-state index in [9.17, 15) is 4.79 Å². The smallest absolute Gasteiger partial charge is 0.241 e. The van der Waals surface area contributed by atoms with E-state index in [0.29, 0.717) is 5.92 Å². The van der Waals surface area contributed by atoms with Crippen LogP contribution in [0.1, 0.15) is 34.6 Å². The quantitative estimate of drug-likeness (QED) is 0.801. The lowest BCUT2D eigenvalue weighted by atomic mass is 10.0. The molecule has 1 saturated heterocycles. The second-order valence-electron chi connectivity index (χ2n) is 6.24. The monoisotopic (exact) mass is 241 g/mol. The molecular weight excluding hydrogens is 214 g/mol. The Balaban J connectivity index is 2.76. The van der Waals surface area contributed by atoms with Gasteiger partial charge in [-0.15, -0.1) is 0 Å². The van der Waals surface area contributed by atoms with Crippen LogP contribution in [-0.2, 0) is 4.79 Å². The highest BCUT2D eigenvalue weighted by Gasteiger charge is 2.40. The summed E-state index contributed by atoms with van der Waals surface area (Å²) < 4.78 is 0. The first-order valence-corrected chi connectivity index (χ1v) is 6.41. The summed E-state index contributed by atoms with van der Waals surface area (Å²) in [6, 6.07) is -0.0250. The lowest BCUT2D eigenvalue weighted by molar-refractivity contribution is -0.132. The first-order chi connectivity index (χ1) is 7.66. The molecule has 4 nitrogen and oxygen atoms in total. The molecule has 0 aromatic carbocycles. The Morgan fingerprint density at radius 1 is 1.41 bits per heavy atom. The molecule has 1 fully saturated rings. The van der Waals surface area contributed by atoms with Crippen LogP contribution in [0, 0.1) is 5.92 Å². The van der Waals surface area contributed by atoms with E-state index >= 15 is 0 Å². The zero-order valence-electron chi connectivity index (χ0n) is 12.2. The van der Waals surface area contributed by atoms with Crippen molar-refractivity contribution >= 4 is 5.91 Å². The van der Waals surface area contributed by atoms with Crippen molar-refractivity contribution in [3.8, 4) is 0 Å². The summed E-state index contributed by atoms with van der Waals surface area (Å²) in [5, 5.41) is 3.37. The Kier molecular flexibility index (Phi) is 4.20. The topological polar surface area (TPSA) is 35.6 Å². The van der Waals surface area contributed by atoms with Crippen molar-refractivity contribution in [1.29, 1.82) is 0 Å². The van der Waals surface area contributed by atoms with Crippen LogP contribution in [-0.4, -0.2) is 54.1 Å². The van der Waals surface area contributed by atoms with Gasteiger partial charge in [0.25, 0.3) is 0 Å². The van der Waals surface area contributed by atoms with Gasteiger partial charge in [-0.05, 0) is 40.8 Å². The Morgan fingerprint density at radius 3 is 2.29 bits per heavy atom. The fourth-order valence-corrected chi connectivity index (χ4v) is 2.04. The van der Waals surface area contributed by atoms with E-state index in [-0.39, 0.29) is 23.7 Å². The second kappa shape index (κ2) is 4.94. The molecule has 1 aliphatic heterocycles. The molecule has 0 spiro atoms. The number of nitrogens with zero attached hydrogens (tertiary/aromatic N) is 2. The molecular formula is C13H27N3O. The van der Waals surface area contributed by atoms with Crippen LogP contribution in [0.25, 0.3) is 0 Å². The van der Waals surface area contributed by atoms with Crippen molar-refractivity contribution < 1.29 is 4.79 Å². The molecule has 0 aromatic heterocycles. The maximum Gasteiger partial charge on any atom is 0.241 e. The Labute approximate surface area is 105 Å². The molecule has 4 heteroatoms. The molecule has 17 heavy (non-hydrogen) atoms. The minimum Gasteiger partial charge on any atom is -0.324 e. The maximum atomic E-state index is 12.3. The van der Waals surface area contributed by atoms with Gasteiger partial charge in [-0.25, -0.2) is 0 Å². The highest BCUT2D eigenvalue weighted by Crippen LogP contribution is 2.21. The SMILES string of the molecule is CC(C)C1NC(C)N(CC(C)(C)N(C)C)C1=O. The van der Waals surface area contributed by atoms with Gasteiger partial charge in [0.15, 0.2) is 0 Å². The second-order valence-corrected chi connectivity index (χ2v) is 6.24. The number of likely N-dealkylation sites (N-methyl/N-ethyl adjacent to an activating group) is 1. The molecule has 0 aromatic rings. The van der Waals surface area contributed by atoms with Crippen LogP contribution in [0.5, 0.6) is 0 Å². The standard InChI is InChI=1S/C13H27N3O/c1-9(2)11-12(17)16(10(3)14-11)8-13(4,5)15(6)7/h9-11,14H,8H2,1-7H3. The number of carbonyl (C=O) groups is 1. The van der Waals surface area contributed by atoms with Gasteiger partial charge >= 0.3 is 0 Å². The van der Waals surface area contributed by atoms with Crippen LogP contribution < -0.4 is 5.32 Å². The minimum atomic E-state index is -0.0250. The largest absolute Gasteiger partial charge is 0.324 e. The van der Waals surface area contributed by atoms with Gasteiger partial charge in [-0.1, -0.05) is 13.8 Å². The molecule has 1 rings (SSSR count). The predicted octanol–water partition coefficient (Wildman–Crippen LogP) is 1.13. The van der Waals surface area contributed by atoms with E-state index in [0.717, 1.165) is 6.54 Å². The van der Waals surface area contributed by atoms with Crippen LogP contribution >= 0.6 is 0 Å². The van der Waals surface area contributed by atoms with E-state index < -0.39 is 0 Å². The molecule has 0 saturated carbocycles. The van der Waals surface area contributed by atoms with Crippen LogP contribution in [0.4, 0.5) is 0 Å². The van der Waals surface area contributed by atoms with Crippen molar-refractivity contribution in [2.75, 3.05) is 20.6 Å². The fourth-order valence-electron chi connectivity index (χ4n) is 2.04. The van der Waals surface area contributed by atoms with E-state index in [2.05, 4.69) is 58.9 Å². The van der Waals surface area contributed by atoms with Gasteiger partial charge in [-0.2, -0.15) is 0 Å². The van der Waals surface area contributed by atoms with Crippen molar-refractivity contribution in [3.05, 3.63) is 0 Å². The highest BCUT2D eigenvalue weighted by molar-refractivity contribution is 5.84. The third-order valence-electron chi connectivity index (χ3n) is 3.87. The predicted molar refractivity (Wildman–Crippen MR) is 70.7 cm³/mol. The van der Waals surface area contributed by atoms with Crippen LogP contribution in [0.15, 0.2) is 0 Å². The normalized spacial score (nSPS) is 26.4. The molecule has 1 N–H and O–H groups in total. The number of carbonyl (C=O) groups excluding carboxylic acids is 1. The minimum absolute atomic E-state index is 0.00251. The maximum absolute atomic E-state index is 12.3. The summed E-state index contributed by atoms with van der Waals surface area (Å²) in [6.07, 6.45) is 0.133. The van der Waals surface area contributed by atoms with Gasteiger partial charge in [0.2, 0.25) is 5.91 Å².